The van der Waals surface area contributed by atoms with Gasteiger partial charge in [-0.3, -0.25) is 9.69 Å². The zero-order valence-electron chi connectivity index (χ0n) is 12.5. The highest BCUT2D eigenvalue weighted by atomic mass is 16.2. The summed E-state index contributed by atoms with van der Waals surface area (Å²) in [6.07, 6.45) is 4.09. The minimum absolute atomic E-state index is 0.206. The lowest BCUT2D eigenvalue weighted by Gasteiger charge is -2.43. The summed E-state index contributed by atoms with van der Waals surface area (Å²) in [5.74, 6) is 0.206. The van der Waals surface area contributed by atoms with E-state index in [1.165, 1.54) is 30.4 Å². The summed E-state index contributed by atoms with van der Waals surface area (Å²) in [5, 5.41) is 3.33. The summed E-state index contributed by atoms with van der Waals surface area (Å²) in [6, 6.07) is 6.98. The van der Waals surface area contributed by atoms with Crippen LogP contribution < -0.4 is 5.32 Å². The first-order valence-corrected chi connectivity index (χ1v) is 8.17. The first-order valence-electron chi connectivity index (χ1n) is 8.17. The average molecular weight is 285 g/mol. The van der Waals surface area contributed by atoms with Crippen molar-refractivity contribution >= 4 is 5.91 Å². The van der Waals surface area contributed by atoms with Gasteiger partial charge in [-0.15, -0.1) is 0 Å². The summed E-state index contributed by atoms with van der Waals surface area (Å²) >= 11 is 0. The van der Waals surface area contributed by atoms with E-state index < -0.39 is 0 Å². The number of nitrogens with zero attached hydrogens (tertiary/aromatic N) is 2. The van der Waals surface area contributed by atoms with Crippen LogP contribution in [0.3, 0.4) is 0 Å². The fourth-order valence-corrected chi connectivity index (χ4v) is 3.65. The number of amides is 1. The molecule has 0 aromatic heterocycles. The van der Waals surface area contributed by atoms with Crippen molar-refractivity contribution < 1.29 is 4.79 Å². The maximum Gasteiger partial charge on any atom is 0.253 e. The molecule has 1 aromatic carbocycles. The van der Waals surface area contributed by atoms with E-state index in [1.807, 2.05) is 11.0 Å². The van der Waals surface area contributed by atoms with Crippen LogP contribution in [0.2, 0.25) is 0 Å². The molecule has 0 bridgehead atoms. The molecular weight excluding hydrogens is 262 g/mol. The predicted octanol–water partition coefficient (Wildman–Crippen LogP) is 1.60. The van der Waals surface area contributed by atoms with Crippen LogP contribution in [-0.2, 0) is 13.1 Å². The lowest BCUT2D eigenvalue weighted by atomic mass is 9.91. The molecule has 1 saturated heterocycles. The molecular formula is C17H23N3O. The molecule has 4 heteroatoms. The SMILES string of the molecule is O=C(c1ccc2c(c1)CNC2)N1CCN(C2CCC2)CC1. The second-order valence-electron chi connectivity index (χ2n) is 6.50. The van der Waals surface area contributed by atoms with Crippen molar-refractivity contribution in [2.24, 2.45) is 0 Å². The molecule has 3 aliphatic rings. The molecule has 1 aromatic rings. The summed E-state index contributed by atoms with van der Waals surface area (Å²) in [7, 11) is 0. The molecule has 2 fully saturated rings. The molecule has 1 amide bonds. The Bertz CT molecular complexity index is 545. The van der Waals surface area contributed by atoms with E-state index in [4.69, 9.17) is 0 Å². The van der Waals surface area contributed by atoms with Crippen molar-refractivity contribution in [3.8, 4) is 0 Å². The highest BCUT2D eigenvalue weighted by molar-refractivity contribution is 5.94. The molecule has 0 atom stereocenters. The Kier molecular flexibility index (Phi) is 3.43. The molecule has 0 unspecified atom stereocenters. The van der Waals surface area contributed by atoms with Crippen LogP contribution in [0.5, 0.6) is 0 Å². The normalized spacial score (nSPS) is 23.0. The molecule has 112 valence electrons. The van der Waals surface area contributed by atoms with Crippen molar-refractivity contribution in [2.45, 2.75) is 38.4 Å². The average Bonchev–Trinajstić information content (AvgIpc) is 2.93. The van der Waals surface area contributed by atoms with Crippen molar-refractivity contribution in [1.29, 1.82) is 0 Å². The predicted molar refractivity (Wildman–Crippen MR) is 82.1 cm³/mol. The Morgan fingerprint density at radius 3 is 2.52 bits per heavy atom. The second-order valence-corrected chi connectivity index (χ2v) is 6.50. The monoisotopic (exact) mass is 285 g/mol. The van der Waals surface area contributed by atoms with Crippen molar-refractivity contribution in [3.63, 3.8) is 0 Å². The molecule has 1 N–H and O–H groups in total. The highest BCUT2D eigenvalue weighted by Gasteiger charge is 2.29. The van der Waals surface area contributed by atoms with Gasteiger partial charge in [0.2, 0.25) is 0 Å². The second kappa shape index (κ2) is 5.43. The molecule has 4 rings (SSSR count). The largest absolute Gasteiger partial charge is 0.336 e. The zero-order valence-corrected chi connectivity index (χ0v) is 12.5. The number of rotatable bonds is 2. The number of carbonyl (C=O) groups excluding carboxylic acids is 1. The molecule has 0 radical (unpaired) electrons. The van der Waals surface area contributed by atoms with E-state index in [0.717, 1.165) is 50.9 Å². The van der Waals surface area contributed by atoms with E-state index in [-0.39, 0.29) is 5.91 Å². The lowest BCUT2D eigenvalue weighted by molar-refractivity contribution is 0.0455. The van der Waals surface area contributed by atoms with Crippen LogP contribution in [0, 0.1) is 0 Å². The first kappa shape index (κ1) is 13.3. The van der Waals surface area contributed by atoms with Gasteiger partial charge in [-0.1, -0.05) is 12.5 Å². The van der Waals surface area contributed by atoms with Gasteiger partial charge in [-0.25, -0.2) is 0 Å². The van der Waals surface area contributed by atoms with Crippen molar-refractivity contribution in [3.05, 3.63) is 34.9 Å². The molecule has 1 aliphatic carbocycles. The van der Waals surface area contributed by atoms with Crippen LogP contribution in [0.15, 0.2) is 18.2 Å². The third kappa shape index (κ3) is 2.47. The Balaban J connectivity index is 1.41. The third-order valence-electron chi connectivity index (χ3n) is 5.28. The maximum absolute atomic E-state index is 12.6. The van der Waals surface area contributed by atoms with Crippen molar-refractivity contribution in [2.75, 3.05) is 26.2 Å². The topological polar surface area (TPSA) is 35.6 Å². The van der Waals surface area contributed by atoms with Crippen LogP contribution in [-0.4, -0.2) is 47.9 Å². The quantitative estimate of drug-likeness (QED) is 0.896. The molecule has 0 spiro atoms. The minimum atomic E-state index is 0.206. The summed E-state index contributed by atoms with van der Waals surface area (Å²) in [5.41, 5.74) is 3.48. The Morgan fingerprint density at radius 1 is 1.05 bits per heavy atom. The van der Waals surface area contributed by atoms with Crippen LogP contribution >= 0.6 is 0 Å². The molecule has 2 aliphatic heterocycles. The van der Waals surface area contributed by atoms with E-state index in [2.05, 4.69) is 22.3 Å². The molecule has 21 heavy (non-hydrogen) atoms. The zero-order chi connectivity index (χ0) is 14.2. The van der Waals surface area contributed by atoms with Gasteiger partial charge >= 0.3 is 0 Å². The number of nitrogens with one attached hydrogen (secondary N) is 1. The fraction of sp³-hybridized carbons (Fsp3) is 0.588. The number of hydrogen-bond donors (Lipinski definition) is 1. The summed E-state index contributed by atoms with van der Waals surface area (Å²) < 4.78 is 0. The van der Waals surface area contributed by atoms with E-state index in [0.29, 0.717) is 0 Å². The van der Waals surface area contributed by atoms with Gasteiger partial charge in [0, 0.05) is 50.9 Å². The smallest absolute Gasteiger partial charge is 0.253 e. The number of piperazine rings is 1. The Hall–Kier alpha value is -1.39. The van der Waals surface area contributed by atoms with Gasteiger partial charge in [0.05, 0.1) is 0 Å². The van der Waals surface area contributed by atoms with Crippen LogP contribution in [0.25, 0.3) is 0 Å². The van der Waals surface area contributed by atoms with Gasteiger partial charge in [0.1, 0.15) is 0 Å². The summed E-state index contributed by atoms with van der Waals surface area (Å²) in [6.45, 7) is 5.68. The van der Waals surface area contributed by atoms with E-state index in [9.17, 15) is 4.79 Å². The molecule has 1 saturated carbocycles. The van der Waals surface area contributed by atoms with E-state index in [1.54, 1.807) is 0 Å². The number of hydrogen-bond acceptors (Lipinski definition) is 3. The van der Waals surface area contributed by atoms with Gasteiger partial charge in [0.25, 0.3) is 5.91 Å². The fourth-order valence-electron chi connectivity index (χ4n) is 3.65. The first-order chi connectivity index (χ1) is 10.3. The number of fused-ring (bicyclic) bond motifs is 1. The summed E-state index contributed by atoms with van der Waals surface area (Å²) in [4.78, 5) is 17.2. The number of carbonyl (C=O) groups is 1. The lowest BCUT2D eigenvalue weighted by Crippen LogP contribution is -2.53. The van der Waals surface area contributed by atoms with Gasteiger partial charge in [0.15, 0.2) is 0 Å². The third-order valence-corrected chi connectivity index (χ3v) is 5.28. The number of benzene rings is 1. The Morgan fingerprint density at radius 2 is 1.81 bits per heavy atom. The Labute approximate surface area is 126 Å². The minimum Gasteiger partial charge on any atom is -0.336 e. The molecule has 2 heterocycles. The van der Waals surface area contributed by atoms with Crippen molar-refractivity contribution in [1.82, 2.24) is 15.1 Å². The van der Waals surface area contributed by atoms with Gasteiger partial charge in [-0.2, -0.15) is 0 Å². The van der Waals surface area contributed by atoms with Crippen LogP contribution in [0.4, 0.5) is 0 Å². The molecule has 4 nitrogen and oxygen atoms in total. The van der Waals surface area contributed by atoms with E-state index >= 15 is 0 Å². The highest BCUT2D eigenvalue weighted by Crippen LogP contribution is 2.26. The van der Waals surface area contributed by atoms with Gasteiger partial charge in [-0.05, 0) is 36.1 Å². The maximum atomic E-state index is 12.6. The standard InChI is InChI=1S/C17H23N3O/c21-17(13-4-5-14-11-18-12-15(14)10-13)20-8-6-19(7-9-20)16-2-1-3-16/h4-5,10,16,18H,1-3,6-9,11-12H2. The van der Waals surface area contributed by atoms with Crippen LogP contribution in [0.1, 0.15) is 40.7 Å². The van der Waals surface area contributed by atoms with Gasteiger partial charge < -0.3 is 10.2 Å².